The molecule has 1 saturated heterocycles. The van der Waals surface area contributed by atoms with E-state index in [4.69, 9.17) is 14.2 Å². The smallest absolute Gasteiger partial charge is 0.324 e. The number of carbonyl (C=O) groups is 2. The molecular formula is C19H25NO5. The molecule has 1 fully saturated rings. The van der Waals surface area contributed by atoms with Crippen LogP contribution in [0.3, 0.4) is 0 Å². The summed E-state index contributed by atoms with van der Waals surface area (Å²) in [6.45, 7) is 6.48. The van der Waals surface area contributed by atoms with Crippen molar-refractivity contribution in [2.45, 2.75) is 38.9 Å². The molecule has 136 valence electrons. The van der Waals surface area contributed by atoms with Crippen LogP contribution in [0.5, 0.6) is 5.75 Å². The lowest BCUT2D eigenvalue weighted by Gasteiger charge is -2.37. The quantitative estimate of drug-likeness (QED) is 0.778. The fourth-order valence-corrected chi connectivity index (χ4v) is 4.22. The molecule has 0 aromatic heterocycles. The monoisotopic (exact) mass is 347 g/mol. The Morgan fingerprint density at radius 2 is 2.00 bits per heavy atom. The predicted molar refractivity (Wildman–Crippen MR) is 91.1 cm³/mol. The third-order valence-corrected chi connectivity index (χ3v) is 5.12. The van der Waals surface area contributed by atoms with Crippen molar-refractivity contribution in [3.63, 3.8) is 0 Å². The molecule has 6 heteroatoms. The molecular weight excluding hydrogens is 322 g/mol. The first-order chi connectivity index (χ1) is 12.0. The first-order valence-corrected chi connectivity index (χ1v) is 8.74. The third-order valence-electron chi connectivity index (χ3n) is 5.12. The zero-order valence-electron chi connectivity index (χ0n) is 15.1. The number of esters is 2. The van der Waals surface area contributed by atoms with Crippen molar-refractivity contribution in [1.29, 1.82) is 0 Å². The molecule has 0 amide bonds. The van der Waals surface area contributed by atoms with Crippen molar-refractivity contribution in [2.24, 2.45) is 11.8 Å². The topological polar surface area (TPSA) is 65.1 Å². The summed E-state index contributed by atoms with van der Waals surface area (Å²) < 4.78 is 16.2. The van der Waals surface area contributed by atoms with E-state index >= 15 is 0 Å². The van der Waals surface area contributed by atoms with Gasteiger partial charge in [0, 0.05) is 23.6 Å². The Morgan fingerprint density at radius 3 is 2.64 bits per heavy atom. The Hall–Kier alpha value is -2.08. The molecule has 1 aromatic rings. The van der Waals surface area contributed by atoms with E-state index in [0.717, 1.165) is 11.3 Å². The van der Waals surface area contributed by atoms with Crippen LogP contribution in [0.1, 0.15) is 32.4 Å². The summed E-state index contributed by atoms with van der Waals surface area (Å²) in [5.41, 5.74) is 1.01. The van der Waals surface area contributed by atoms with E-state index in [1.54, 1.807) is 6.92 Å². The minimum Gasteiger partial charge on any atom is -0.493 e. The average molecular weight is 347 g/mol. The van der Waals surface area contributed by atoms with E-state index in [1.165, 1.54) is 7.11 Å². The largest absolute Gasteiger partial charge is 0.493 e. The number of fused-ring (bicyclic) bond motifs is 3. The number of carbonyl (C=O) groups excluding carboxylic acids is 2. The van der Waals surface area contributed by atoms with Gasteiger partial charge in [0.05, 0.1) is 26.2 Å². The van der Waals surface area contributed by atoms with Crippen molar-refractivity contribution in [3.05, 3.63) is 29.8 Å². The van der Waals surface area contributed by atoms with Crippen LogP contribution in [0, 0.1) is 11.8 Å². The van der Waals surface area contributed by atoms with Crippen molar-refractivity contribution >= 4 is 11.9 Å². The van der Waals surface area contributed by atoms with Crippen LogP contribution >= 0.6 is 0 Å². The molecule has 3 rings (SSSR count). The summed E-state index contributed by atoms with van der Waals surface area (Å²) in [5, 5.41) is 0. The lowest BCUT2D eigenvalue weighted by molar-refractivity contribution is -0.159. The first kappa shape index (κ1) is 17.7. The molecule has 1 aromatic carbocycles. The molecule has 4 atom stereocenters. The molecule has 0 saturated carbocycles. The SMILES string of the molecule is CCOC(=O)[C@H]1[C@@H](C(=O)OC)[C@@H]2COc3ccccc3[C@@H]2N1C(C)C. The van der Waals surface area contributed by atoms with Crippen LogP contribution in [0.25, 0.3) is 0 Å². The Kier molecular flexibility index (Phi) is 4.99. The molecule has 0 aliphatic carbocycles. The molecule has 2 aliphatic heterocycles. The standard InChI is InChI=1S/C19H25NO5/c1-5-24-19(22)17-15(18(21)23-4)13-10-25-14-9-7-6-8-12(14)16(13)20(17)11(2)3/h6-9,11,13,15-17H,5,10H2,1-4H3/t13-,15-,16-,17+/m0/s1. The fourth-order valence-electron chi connectivity index (χ4n) is 4.22. The van der Waals surface area contributed by atoms with Gasteiger partial charge in [-0.05, 0) is 26.8 Å². The zero-order chi connectivity index (χ0) is 18.1. The van der Waals surface area contributed by atoms with E-state index in [2.05, 4.69) is 4.90 Å². The second kappa shape index (κ2) is 7.04. The lowest BCUT2D eigenvalue weighted by atomic mass is 9.83. The van der Waals surface area contributed by atoms with Gasteiger partial charge >= 0.3 is 11.9 Å². The summed E-state index contributed by atoms with van der Waals surface area (Å²) in [6, 6.07) is 7.11. The number of rotatable bonds is 4. The number of hydrogen-bond donors (Lipinski definition) is 0. The maximum Gasteiger partial charge on any atom is 0.324 e. The second-order valence-corrected chi connectivity index (χ2v) is 6.74. The van der Waals surface area contributed by atoms with Gasteiger partial charge in [0.15, 0.2) is 0 Å². The van der Waals surface area contributed by atoms with Gasteiger partial charge in [0.2, 0.25) is 0 Å². The van der Waals surface area contributed by atoms with Crippen molar-refractivity contribution in [2.75, 3.05) is 20.3 Å². The van der Waals surface area contributed by atoms with Crippen LogP contribution in [0.4, 0.5) is 0 Å². The highest BCUT2D eigenvalue weighted by Crippen LogP contribution is 2.51. The Bertz CT molecular complexity index is 659. The van der Waals surface area contributed by atoms with Gasteiger partial charge in [-0.3, -0.25) is 14.5 Å². The second-order valence-electron chi connectivity index (χ2n) is 6.74. The molecule has 0 N–H and O–H groups in total. The molecule has 0 spiro atoms. The predicted octanol–water partition coefficient (Wildman–Crippen LogP) is 2.18. The Morgan fingerprint density at radius 1 is 1.28 bits per heavy atom. The Labute approximate surface area is 148 Å². The van der Waals surface area contributed by atoms with Crippen LogP contribution in [-0.2, 0) is 19.1 Å². The normalized spacial score (nSPS) is 28.0. The fraction of sp³-hybridized carbons (Fsp3) is 0.579. The number of nitrogens with zero attached hydrogens (tertiary/aromatic N) is 1. The minimum absolute atomic E-state index is 0.0581. The van der Waals surface area contributed by atoms with Gasteiger partial charge in [0.25, 0.3) is 0 Å². The number of para-hydroxylation sites is 1. The highest BCUT2D eigenvalue weighted by atomic mass is 16.5. The molecule has 25 heavy (non-hydrogen) atoms. The molecule has 0 unspecified atom stereocenters. The zero-order valence-corrected chi connectivity index (χ0v) is 15.1. The van der Waals surface area contributed by atoms with Crippen LogP contribution < -0.4 is 4.74 Å². The number of methoxy groups -OCH3 is 1. The van der Waals surface area contributed by atoms with Crippen LogP contribution in [0.15, 0.2) is 24.3 Å². The summed E-state index contributed by atoms with van der Waals surface area (Å²) in [4.78, 5) is 27.4. The summed E-state index contributed by atoms with van der Waals surface area (Å²) >= 11 is 0. The van der Waals surface area contributed by atoms with Crippen molar-refractivity contribution in [1.82, 2.24) is 4.90 Å². The molecule has 0 radical (unpaired) electrons. The third kappa shape index (κ3) is 2.88. The minimum atomic E-state index is -0.669. The van der Waals surface area contributed by atoms with Gasteiger partial charge in [0.1, 0.15) is 11.8 Å². The van der Waals surface area contributed by atoms with E-state index < -0.39 is 12.0 Å². The highest BCUT2D eigenvalue weighted by Gasteiger charge is 2.59. The highest BCUT2D eigenvalue weighted by molar-refractivity contribution is 5.86. The summed E-state index contributed by atoms with van der Waals surface area (Å²) in [5.74, 6) is -0.718. The van der Waals surface area contributed by atoms with E-state index in [9.17, 15) is 9.59 Å². The van der Waals surface area contributed by atoms with Gasteiger partial charge in [-0.25, -0.2) is 0 Å². The van der Waals surface area contributed by atoms with Crippen molar-refractivity contribution < 1.29 is 23.8 Å². The van der Waals surface area contributed by atoms with E-state index in [0.29, 0.717) is 6.61 Å². The van der Waals surface area contributed by atoms with Gasteiger partial charge in [-0.15, -0.1) is 0 Å². The first-order valence-electron chi connectivity index (χ1n) is 8.74. The Balaban J connectivity index is 2.11. The molecule has 2 aliphatic rings. The average Bonchev–Trinajstić information content (AvgIpc) is 2.97. The number of likely N-dealkylation sites (tertiary alicyclic amines) is 1. The maximum absolute atomic E-state index is 12.7. The maximum atomic E-state index is 12.7. The number of benzene rings is 1. The van der Waals surface area contributed by atoms with E-state index in [1.807, 2.05) is 38.1 Å². The van der Waals surface area contributed by atoms with Crippen LogP contribution in [0.2, 0.25) is 0 Å². The van der Waals surface area contributed by atoms with Crippen LogP contribution in [-0.4, -0.2) is 49.2 Å². The van der Waals surface area contributed by atoms with E-state index in [-0.39, 0.29) is 36.5 Å². The van der Waals surface area contributed by atoms with Gasteiger partial charge in [-0.2, -0.15) is 0 Å². The van der Waals surface area contributed by atoms with Gasteiger partial charge in [-0.1, -0.05) is 18.2 Å². The molecule has 2 heterocycles. The van der Waals surface area contributed by atoms with Gasteiger partial charge < -0.3 is 14.2 Å². The summed E-state index contributed by atoms with van der Waals surface area (Å²) in [7, 11) is 1.36. The van der Waals surface area contributed by atoms with Crippen molar-refractivity contribution in [3.8, 4) is 5.75 Å². The summed E-state index contributed by atoms with van der Waals surface area (Å²) in [6.07, 6.45) is 0. The number of ether oxygens (including phenoxy) is 3. The lowest BCUT2D eigenvalue weighted by Crippen LogP contribution is -2.47. The number of hydrogen-bond acceptors (Lipinski definition) is 6. The molecule has 6 nitrogen and oxygen atoms in total. The molecule has 0 bridgehead atoms.